The van der Waals surface area contributed by atoms with Crippen LogP contribution in [0.1, 0.15) is 17.5 Å². The summed E-state index contributed by atoms with van der Waals surface area (Å²) in [5.41, 5.74) is 13.4. The first-order valence-electron chi connectivity index (χ1n) is 6.71. The lowest BCUT2D eigenvalue weighted by molar-refractivity contribution is 0.0627. The highest BCUT2D eigenvalue weighted by molar-refractivity contribution is 5.74. The van der Waals surface area contributed by atoms with Crippen molar-refractivity contribution < 1.29 is 9.47 Å². The van der Waals surface area contributed by atoms with Crippen molar-refractivity contribution in [3.05, 3.63) is 47.7 Å². The van der Waals surface area contributed by atoms with Gasteiger partial charge in [-0.15, -0.1) is 0 Å². The van der Waals surface area contributed by atoms with Crippen molar-refractivity contribution in [2.75, 3.05) is 12.3 Å². The van der Waals surface area contributed by atoms with Crippen LogP contribution in [0, 0.1) is 0 Å². The van der Waals surface area contributed by atoms with Gasteiger partial charge in [0.1, 0.15) is 5.75 Å². The molecule has 2 aromatic rings. The summed E-state index contributed by atoms with van der Waals surface area (Å²) in [7, 11) is 0. The van der Waals surface area contributed by atoms with Gasteiger partial charge in [-0.2, -0.15) is 0 Å². The highest BCUT2D eigenvalue weighted by Gasteiger charge is 2.47. The van der Waals surface area contributed by atoms with Crippen molar-refractivity contribution >= 4 is 11.7 Å². The van der Waals surface area contributed by atoms with Crippen LogP contribution in [0.4, 0.5) is 5.69 Å². The summed E-state index contributed by atoms with van der Waals surface area (Å²) < 4.78 is 11.8. The molecule has 0 amide bonds. The van der Waals surface area contributed by atoms with Gasteiger partial charge in [0.05, 0.1) is 5.56 Å². The molecule has 6 heteroatoms. The maximum Gasteiger partial charge on any atom is 0.283 e. The van der Waals surface area contributed by atoms with E-state index in [2.05, 4.69) is 9.98 Å². The van der Waals surface area contributed by atoms with Gasteiger partial charge in [0.15, 0.2) is 5.60 Å². The Morgan fingerprint density at radius 2 is 2.05 bits per heavy atom. The van der Waals surface area contributed by atoms with Crippen LogP contribution in [0.2, 0.25) is 0 Å². The van der Waals surface area contributed by atoms with Gasteiger partial charge in [-0.05, 0) is 30.3 Å². The van der Waals surface area contributed by atoms with E-state index in [9.17, 15) is 0 Å². The predicted molar refractivity (Wildman–Crippen MR) is 78.1 cm³/mol. The zero-order valence-corrected chi connectivity index (χ0v) is 11.2. The standard InChI is InChI=1S/C15H14N4O2/c16-9-3-4-12-11(8-9)15(5-7-19-14(17)21-15)10-2-1-6-18-13(10)20-12/h1-4,6,8H,5,7,16H2,(H2,17,19)/t15-/m1/s1. The molecule has 0 saturated carbocycles. The summed E-state index contributed by atoms with van der Waals surface area (Å²) in [5, 5.41) is 0. The van der Waals surface area contributed by atoms with Crippen molar-refractivity contribution in [1.82, 2.24) is 4.98 Å². The molecule has 0 aliphatic carbocycles. The second-order valence-electron chi connectivity index (χ2n) is 5.11. The van der Waals surface area contributed by atoms with Gasteiger partial charge in [-0.3, -0.25) is 0 Å². The van der Waals surface area contributed by atoms with E-state index in [-0.39, 0.29) is 6.02 Å². The molecule has 0 fully saturated rings. The molecule has 2 aliphatic rings. The van der Waals surface area contributed by atoms with Gasteiger partial charge in [-0.1, -0.05) is 0 Å². The number of nitrogen functional groups attached to an aromatic ring is 1. The number of hydrogen-bond donors (Lipinski definition) is 2. The number of aliphatic imine (C=N–C) groups is 1. The number of hydrogen-bond acceptors (Lipinski definition) is 6. The predicted octanol–water partition coefficient (Wildman–Crippen LogP) is 1.75. The summed E-state index contributed by atoms with van der Waals surface area (Å²) in [4.78, 5) is 8.43. The highest BCUT2D eigenvalue weighted by Crippen LogP contribution is 2.51. The van der Waals surface area contributed by atoms with Crippen LogP contribution < -0.4 is 16.2 Å². The van der Waals surface area contributed by atoms with Gasteiger partial charge in [0.2, 0.25) is 5.88 Å². The van der Waals surface area contributed by atoms with Crippen LogP contribution in [-0.2, 0) is 10.3 Å². The molecule has 0 radical (unpaired) electrons. The first kappa shape index (κ1) is 12.0. The van der Waals surface area contributed by atoms with Gasteiger partial charge < -0.3 is 20.9 Å². The highest BCUT2D eigenvalue weighted by atomic mass is 16.5. The average molecular weight is 282 g/mol. The molecule has 4 rings (SSSR count). The number of rotatable bonds is 0. The number of aromatic nitrogens is 1. The number of anilines is 1. The molecule has 2 aliphatic heterocycles. The summed E-state index contributed by atoms with van der Waals surface area (Å²) in [6.45, 7) is 0.578. The second-order valence-corrected chi connectivity index (χ2v) is 5.11. The van der Waals surface area contributed by atoms with E-state index in [1.807, 2.05) is 24.3 Å². The fraction of sp³-hybridized carbons (Fsp3) is 0.200. The average Bonchev–Trinajstić information content (AvgIpc) is 2.49. The van der Waals surface area contributed by atoms with Crippen LogP contribution in [-0.4, -0.2) is 17.6 Å². The maximum atomic E-state index is 5.97. The fourth-order valence-corrected chi connectivity index (χ4v) is 2.95. The molecule has 1 aromatic heterocycles. The minimum Gasteiger partial charge on any atom is -0.449 e. The molecular weight excluding hydrogens is 268 g/mol. The minimum atomic E-state index is -0.738. The largest absolute Gasteiger partial charge is 0.449 e. The number of nitrogens with zero attached hydrogens (tertiary/aromatic N) is 2. The Bertz CT molecular complexity index is 759. The van der Waals surface area contributed by atoms with E-state index in [0.29, 0.717) is 30.3 Å². The smallest absolute Gasteiger partial charge is 0.283 e. The molecule has 0 saturated heterocycles. The summed E-state index contributed by atoms with van der Waals surface area (Å²) in [6, 6.07) is 9.45. The maximum absolute atomic E-state index is 5.97. The molecule has 0 unspecified atom stereocenters. The van der Waals surface area contributed by atoms with E-state index < -0.39 is 5.60 Å². The fourth-order valence-electron chi connectivity index (χ4n) is 2.95. The number of fused-ring (bicyclic) bond motifs is 4. The molecule has 1 spiro atoms. The van der Waals surface area contributed by atoms with E-state index in [1.54, 1.807) is 12.3 Å². The number of ether oxygens (including phenoxy) is 2. The van der Waals surface area contributed by atoms with E-state index in [1.165, 1.54) is 0 Å². The van der Waals surface area contributed by atoms with Crippen molar-refractivity contribution in [2.24, 2.45) is 10.7 Å². The third-order valence-corrected chi connectivity index (χ3v) is 3.86. The van der Waals surface area contributed by atoms with Crippen molar-refractivity contribution in [3.8, 4) is 11.6 Å². The van der Waals surface area contributed by atoms with E-state index >= 15 is 0 Å². The van der Waals surface area contributed by atoms with E-state index in [4.69, 9.17) is 20.9 Å². The van der Waals surface area contributed by atoms with E-state index in [0.717, 1.165) is 11.1 Å². The topological polar surface area (TPSA) is 95.8 Å². The summed E-state index contributed by atoms with van der Waals surface area (Å²) in [5.74, 6) is 1.22. The number of benzene rings is 1. The SMILES string of the molecule is NC1=NCC[C@]2(O1)c1cc(N)ccc1Oc1ncccc12. The Morgan fingerprint density at radius 3 is 2.90 bits per heavy atom. The first-order valence-corrected chi connectivity index (χ1v) is 6.71. The van der Waals surface area contributed by atoms with Gasteiger partial charge in [0, 0.05) is 30.4 Å². The molecule has 1 aromatic carbocycles. The first-order chi connectivity index (χ1) is 10.2. The van der Waals surface area contributed by atoms with Gasteiger partial charge in [-0.25, -0.2) is 9.98 Å². The lowest BCUT2D eigenvalue weighted by atomic mass is 9.81. The molecule has 21 heavy (non-hydrogen) atoms. The van der Waals surface area contributed by atoms with Crippen LogP contribution in [0.5, 0.6) is 11.6 Å². The normalized spacial score (nSPS) is 22.6. The third-order valence-electron chi connectivity index (χ3n) is 3.86. The van der Waals surface area contributed by atoms with Crippen LogP contribution in [0.3, 0.4) is 0 Å². The van der Waals surface area contributed by atoms with Crippen LogP contribution in [0.25, 0.3) is 0 Å². The lowest BCUT2D eigenvalue weighted by Crippen LogP contribution is -2.42. The Hall–Kier alpha value is -2.76. The Labute approximate surface area is 121 Å². The van der Waals surface area contributed by atoms with Gasteiger partial charge >= 0.3 is 0 Å². The number of amidine groups is 1. The number of pyridine rings is 1. The molecule has 3 heterocycles. The Kier molecular flexibility index (Phi) is 2.35. The molecule has 4 N–H and O–H groups in total. The number of nitrogens with two attached hydrogens (primary N) is 2. The zero-order chi connectivity index (χ0) is 14.4. The second kappa shape index (κ2) is 4.12. The summed E-state index contributed by atoms with van der Waals surface area (Å²) in [6.07, 6.45) is 2.35. The molecule has 106 valence electrons. The van der Waals surface area contributed by atoms with Crippen molar-refractivity contribution in [2.45, 2.75) is 12.0 Å². The summed E-state index contributed by atoms with van der Waals surface area (Å²) >= 11 is 0. The zero-order valence-electron chi connectivity index (χ0n) is 11.2. The van der Waals surface area contributed by atoms with Crippen LogP contribution in [0.15, 0.2) is 41.5 Å². The third kappa shape index (κ3) is 1.65. The van der Waals surface area contributed by atoms with Crippen molar-refractivity contribution in [3.63, 3.8) is 0 Å². The molecule has 1 atom stereocenters. The van der Waals surface area contributed by atoms with Crippen molar-refractivity contribution in [1.29, 1.82) is 0 Å². The quantitative estimate of drug-likeness (QED) is 0.718. The Balaban J connectivity index is 2.00. The monoisotopic (exact) mass is 282 g/mol. The van der Waals surface area contributed by atoms with Crippen LogP contribution >= 0.6 is 0 Å². The lowest BCUT2D eigenvalue weighted by Gasteiger charge is -2.40. The molecule has 0 bridgehead atoms. The minimum absolute atomic E-state index is 0.173. The Morgan fingerprint density at radius 1 is 1.14 bits per heavy atom. The molecular formula is C15H14N4O2. The molecule has 6 nitrogen and oxygen atoms in total. The van der Waals surface area contributed by atoms with Gasteiger partial charge in [0.25, 0.3) is 6.02 Å².